The van der Waals surface area contributed by atoms with Gasteiger partial charge in [-0.25, -0.2) is 4.39 Å². The van der Waals surface area contributed by atoms with Gasteiger partial charge in [-0.15, -0.1) is 0 Å². The van der Waals surface area contributed by atoms with Gasteiger partial charge in [-0.3, -0.25) is 4.79 Å². The van der Waals surface area contributed by atoms with Crippen molar-refractivity contribution in [2.24, 2.45) is 5.92 Å². The van der Waals surface area contributed by atoms with Crippen molar-refractivity contribution < 1.29 is 19.0 Å². The number of nitrogens with one attached hydrogen (secondary N) is 1. The first-order valence-corrected chi connectivity index (χ1v) is 6.88. The number of halogens is 2. The van der Waals surface area contributed by atoms with E-state index in [0.29, 0.717) is 19.6 Å². The molecule has 0 aromatic heterocycles. The maximum atomic E-state index is 13.7. The minimum absolute atomic E-state index is 0.00430. The summed E-state index contributed by atoms with van der Waals surface area (Å²) < 4.78 is 18.9. The predicted molar refractivity (Wildman–Crippen MR) is 72.9 cm³/mol. The van der Waals surface area contributed by atoms with E-state index in [9.17, 15) is 14.3 Å². The molecule has 1 aliphatic rings. The lowest BCUT2D eigenvalue weighted by molar-refractivity contribution is -0.126. The summed E-state index contributed by atoms with van der Waals surface area (Å²) in [5.41, 5.74) is 0.00430. The zero-order chi connectivity index (χ0) is 14.7. The summed E-state index contributed by atoms with van der Waals surface area (Å²) in [7, 11) is 0. The fourth-order valence-electron chi connectivity index (χ4n) is 2.21. The topological polar surface area (TPSA) is 58.6 Å². The number of hydrogen-bond acceptors (Lipinski definition) is 3. The molecular weight excluding hydrogens is 285 g/mol. The molecule has 1 aliphatic heterocycles. The Hall–Kier alpha value is -1.17. The van der Waals surface area contributed by atoms with Crippen molar-refractivity contribution in [2.45, 2.75) is 25.5 Å². The third kappa shape index (κ3) is 3.29. The normalized spacial score (nSPS) is 21.5. The number of carbonyl (C=O) groups excluding carboxylic acids is 1. The Morgan fingerprint density at radius 3 is 2.95 bits per heavy atom. The molecule has 0 radical (unpaired) electrons. The number of amides is 1. The molecule has 3 atom stereocenters. The number of benzene rings is 1. The first kappa shape index (κ1) is 15.2. The molecule has 1 amide bonds. The summed E-state index contributed by atoms with van der Waals surface area (Å²) in [4.78, 5) is 11.9. The van der Waals surface area contributed by atoms with Crippen LogP contribution in [0, 0.1) is 11.7 Å². The van der Waals surface area contributed by atoms with Crippen molar-refractivity contribution >= 4 is 17.5 Å². The van der Waals surface area contributed by atoms with E-state index in [1.54, 1.807) is 6.92 Å². The molecule has 2 N–H and O–H groups in total. The largest absolute Gasteiger partial charge is 0.386 e. The van der Waals surface area contributed by atoms with Crippen molar-refractivity contribution in [2.75, 3.05) is 13.2 Å². The molecule has 0 aliphatic carbocycles. The number of hydrogen-bond donors (Lipinski definition) is 2. The molecule has 4 nitrogen and oxygen atoms in total. The summed E-state index contributed by atoms with van der Waals surface area (Å²) in [6.45, 7) is 2.56. The van der Waals surface area contributed by atoms with Gasteiger partial charge in [-0.2, -0.15) is 0 Å². The number of aliphatic hydroxyl groups excluding tert-OH is 1. The maximum Gasteiger partial charge on any atom is 0.225 e. The molecule has 6 heteroatoms. The number of carbonyl (C=O) groups is 1. The standard InChI is InChI=1S/C14H17ClFNO3/c1-8(17-14(19)9-5-6-20-7-9)13(18)12-10(15)3-2-4-11(12)16/h2-4,8-9,13,18H,5-7H2,1H3,(H,17,19)/t8-,9+,13-/m0/s1. The minimum Gasteiger partial charge on any atom is -0.386 e. The Morgan fingerprint density at radius 1 is 1.60 bits per heavy atom. The molecule has 110 valence electrons. The Bertz CT molecular complexity index is 471. The van der Waals surface area contributed by atoms with E-state index in [1.165, 1.54) is 18.2 Å². The van der Waals surface area contributed by atoms with Gasteiger partial charge in [0, 0.05) is 17.2 Å². The molecule has 20 heavy (non-hydrogen) atoms. The van der Waals surface area contributed by atoms with Gasteiger partial charge >= 0.3 is 0 Å². The van der Waals surface area contributed by atoms with Crippen molar-refractivity contribution in [1.29, 1.82) is 0 Å². The van der Waals surface area contributed by atoms with Crippen LogP contribution in [0.25, 0.3) is 0 Å². The van der Waals surface area contributed by atoms with Crippen LogP contribution < -0.4 is 5.32 Å². The van der Waals surface area contributed by atoms with E-state index in [0.717, 1.165) is 0 Å². The molecule has 0 spiro atoms. The maximum absolute atomic E-state index is 13.7. The molecule has 0 saturated carbocycles. The number of rotatable bonds is 4. The van der Waals surface area contributed by atoms with Gasteiger partial charge in [-0.1, -0.05) is 17.7 Å². The van der Waals surface area contributed by atoms with E-state index in [1.807, 2.05) is 0 Å². The quantitative estimate of drug-likeness (QED) is 0.895. The lowest BCUT2D eigenvalue weighted by Crippen LogP contribution is -2.41. The Kier molecular flexibility index (Phi) is 4.96. The van der Waals surface area contributed by atoms with Crippen LogP contribution >= 0.6 is 11.6 Å². The predicted octanol–water partition coefficient (Wildman–Crippen LogP) is 2.05. The Balaban J connectivity index is 2.04. The third-order valence-corrected chi connectivity index (χ3v) is 3.77. The monoisotopic (exact) mass is 301 g/mol. The van der Waals surface area contributed by atoms with Gasteiger partial charge in [-0.05, 0) is 25.5 Å². The van der Waals surface area contributed by atoms with Crippen molar-refractivity contribution in [3.63, 3.8) is 0 Å². The second-order valence-corrected chi connectivity index (χ2v) is 5.35. The zero-order valence-corrected chi connectivity index (χ0v) is 11.9. The van der Waals surface area contributed by atoms with E-state index in [-0.39, 0.29) is 22.4 Å². The first-order chi connectivity index (χ1) is 9.50. The van der Waals surface area contributed by atoms with Gasteiger partial charge in [0.2, 0.25) is 5.91 Å². The van der Waals surface area contributed by atoms with Crippen LogP contribution in [0.1, 0.15) is 25.0 Å². The highest BCUT2D eigenvalue weighted by atomic mass is 35.5. The van der Waals surface area contributed by atoms with Crippen molar-refractivity contribution in [3.05, 3.63) is 34.6 Å². The van der Waals surface area contributed by atoms with Gasteiger partial charge < -0.3 is 15.2 Å². The molecule has 1 aromatic rings. The van der Waals surface area contributed by atoms with E-state index in [2.05, 4.69) is 5.32 Å². The fraction of sp³-hybridized carbons (Fsp3) is 0.500. The highest BCUT2D eigenvalue weighted by Crippen LogP contribution is 2.28. The van der Waals surface area contributed by atoms with Crippen LogP contribution in [0.15, 0.2) is 18.2 Å². The van der Waals surface area contributed by atoms with Crippen LogP contribution in [-0.4, -0.2) is 30.3 Å². The van der Waals surface area contributed by atoms with Gasteiger partial charge in [0.05, 0.1) is 18.6 Å². The number of aliphatic hydroxyl groups is 1. The van der Waals surface area contributed by atoms with Gasteiger partial charge in [0.1, 0.15) is 11.9 Å². The van der Waals surface area contributed by atoms with Crippen LogP contribution in [0.4, 0.5) is 4.39 Å². The van der Waals surface area contributed by atoms with E-state index in [4.69, 9.17) is 16.3 Å². The molecule has 2 rings (SSSR count). The molecule has 1 fully saturated rings. The minimum atomic E-state index is -1.20. The van der Waals surface area contributed by atoms with Crippen LogP contribution in [0.3, 0.4) is 0 Å². The van der Waals surface area contributed by atoms with Crippen molar-refractivity contribution in [3.8, 4) is 0 Å². The van der Waals surface area contributed by atoms with Crippen LogP contribution in [0.5, 0.6) is 0 Å². The first-order valence-electron chi connectivity index (χ1n) is 6.50. The average molecular weight is 302 g/mol. The van der Waals surface area contributed by atoms with E-state index >= 15 is 0 Å². The van der Waals surface area contributed by atoms with Gasteiger partial charge in [0.15, 0.2) is 0 Å². The summed E-state index contributed by atoms with van der Waals surface area (Å²) in [6, 6.07) is 3.55. The Labute approximate surface area is 121 Å². The second-order valence-electron chi connectivity index (χ2n) is 4.94. The van der Waals surface area contributed by atoms with Crippen LogP contribution in [-0.2, 0) is 9.53 Å². The molecule has 0 unspecified atom stereocenters. The Morgan fingerprint density at radius 2 is 2.35 bits per heavy atom. The summed E-state index contributed by atoms with van der Waals surface area (Å²) in [6.07, 6.45) is -0.537. The lowest BCUT2D eigenvalue weighted by atomic mass is 10.0. The van der Waals surface area contributed by atoms with Crippen molar-refractivity contribution in [1.82, 2.24) is 5.32 Å². The highest BCUT2D eigenvalue weighted by molar-refractivity contribution is 6.31. The molecular formula is C14H17ClFNO3. The lowest BCUT2D eigenvalue weighted by Gasteiger charge is -2.23. The number of ether oxygens (including phenoxy) is 1. The summed E-state index contributed by atoms with van der Waals surface area (Å²) in [5.74, 6) is -0.988. The average Bonchev–Trinajstić information content (AvgIpc) is 2.92. The second kappa shape index (κ2) is 6.52. The van der Waals surface area contributed by atoms with E-state index < -0.39 is 18.0 Å². The fourth-order valence-corrected chi connectivity index (χ4v) is 2.48. The third-order valence-electron chi connectivity index (χ3n) is 3.44. The highest BCUT2D eigenvalue weighted by Gasteiger charge is 2.28. The molecule has 1 heterocycles. The SMILES string of the molecule is C[C@H](NC(=O)[C@@H]1CCOC1)[C@H](O)c1c(F)cccc1Cl. The smallest absolute Gasteiger partial charge is 0.225 e. The van der Waals surface area contributed by atoms with Crippen LogP contribution in [0.2, 0.25) is 5.02 Å². The summed E-state index contributed by atoms with van der Waals surface area (Å²) in [5, 5.41) is 13.0. The zero-order valence-electron chi connectivity index (χ0n) is 11.1. The molecule has 0 bridgehead atoms. The molecule has 1 saturated heterocycles. The molecule has 1 aromatic carbocycles. The summed E-state index contributed by atoms with van der Waals surface area (Å²) >= 11 is 5.90. The van der Waals surface area contributed by atoms with Gasteiger partial charge in [0.25, 0.3) is 0 Å².